The van der Waals surface area contributed by atoms with Crippen LogP contribution < -0.4 is 5.73 Å². The Morgan fingerprint density at radius 3 is 2.61 bits per heavy atom. The van der Waals surface area contributed by atoms with Gasteiger partial charge in [-0.05, 0) is 82.9 Å². The van der Waals surface area contributed by atoms with Crippen molar-refractivity contribution < 1.29 is 0 Å². The Kier molecular flexibility index (Phi) is 3.30. The molecule has 120 valence electrons. The molecule has 23 heavy (non-hydrogen) atoms. The van der Waals surface area contributed by atoms with E-state index in [1.807, 2.05) is 0 Å². The number of nitrogens with two attached hydrogens (primary N) is 1. The van der Waals surface area contributed by atoms with Gasteiger partial charge in [-0.15, -0.1) is 0 Å². The van der Waals surface area contributed by atoms with Gasteiger partial charge in [0.25, 0.3) is 0 Å². The Morgan fingerprint density at radius 2 is 1.83 bits per heavy atom. The maximum Gasteiger partial charge on any atom is 0.0323 e. The smallest absolute Gasteiger partial charge is 0.0323 e. The van der Waals surface area contributed by atoms with Gasteiger partial charge in [0.2, 0.25) is 0 Å². The number of benzene rings is 2. The molecule has 2 atom stereocenters. The Morgan fingerprint density at radius 1 is 1.04 bits per heavy atom. The second kappa shape index (κ2) is 5.12. The minimum atomic E-state index is 0.436. The Balaban J connectivity index is 1.81. The largest absolute Gasteiger partial charge is 0.399 e. The zero-order chi connectivity index (χ0) is 16.2. The molecule has 2 aromatic rings. The highest BCUT2D eigenvalue weighted by Crippen LogP contribution is 2.50. The van der Waals surface area contributed by atoms with Gasteiger partial charge in [-0.2, -0.15) is 0 Å². The number of fused-ring (bicyclic) bond motifs is 3. The van der Waals surface area contributed by atoms with E-state index in [1.54, 1.807) is 0 Å². The molecule has 2 aromatic carbocycles. The SMILES string of the molecule is CC1CC(c2cc(N)cc3c2Cc2ccccc2-3)CC(C)(C)C1. The van der Waals surface area contributed by atoms with Crippen molar-refractivity contribution in [3.63, 3.8) is 0 Å². The third-order valence-electron chi connectivity index (χ3n) is 5.81. The van der Waals surface area contributed by atoms with Crippen molar-refractivity contribution in [1.82, 2.24) is 0 Å². The van der Waals surface area contributed by atoms with Crippen LogP contribution in [-0.2, 0) is 6.42 Å². The minimum Gasteiger partial charge on any atom is -0.399 e. The van der Waals surface area contributed by atoms with Gasteiger partial charge in [0.05, 0.1) is 0 Å². The van der Waals surface area contributed by atoms with E-state index in [0.29, 0.717) is 11.3 Å². The fourth-order valence-corrected chi connectivity index (χ4v) is 5.23. The fourth-order valence-electron chi connectivity index (χ4n) is 5.23. The zero-order valence-corrected chi connectivity index (χ0v) is 14.5. The van der Waals surface area contributed by atoms with E-state index in [4.69, 9.17) is 5.73 Å². The van der Waals surface area contributed by atoms with Crippen molar-refractivity contribution >= 4 is 5.69 Å². The van der Waals surface area contributed by atoms with Crippen LogP contribution in [0.4, 0.5) is 5.69 Å². The van der Waals surface area contributed by atoms with Crippen LogP contribution in [0.1, 0.15) is 62.6 Å². The maximum absolute atomic E-state index is 6.30. The first kappa shape index (κ1) is 14.8. The number of hydrogen-bond acceptors (Lipinski definition) is 1. The predicted molar refractivity (Wildman–Crippen MR) is 98.6 cm³/mol. The molecule has 2 aliphatic rings. The summed E-state index contributed by atoms with van der Waals surface area (Å²) in [6.45, 7) is 7.27. The molecule has 0 saturated heterocycles. The summed E-state index contributed by atoms with van der Waals surface area (Å²) < 4.78 is 0. The van der Waals surface area contributed by atoms with Crippen molar-refractivity contribution in [2.45, 2.75) is 52.4 Å². The quantitative estimate of drug-likeness (QED) is 0.567. The Hall–Kier alpha value is -1.76. The van der Waals surface area contributed by atoms with Crippen LogP contribution in [0.25, 0.3) is 11.1 Å². The molecule has 0 spiro atoms. The van der Waals surface area contributed by atoms with Gasteiger partial charge < -0.3 is 5.73 Å². The summed E-state index contributed by atoms with van der Waals surface area (Å²) >= 11 is 0. The van der Waals surface area contributed by atoms with Crippen molar-refractivity contribution in [1.29, 1.82) is 0 Å². The van der Waals surface area contributed by atoms with Gasteiger partial charge in [0, 0.05) is 5.69 Å². The lowest BCUT2D eigenvalue weighted by Crippen LogP contribution is -2.27. The van der Waals surface area contributed by atoms with Gasteiger partial charge in [-0.25, -0.2) is 0 Å². The second-order valence-electron chi connectivity index (χ2n) is 8.58. The molecule has 0 bridgehead atoms. The van der Waals surface area contributed by atoms with Crippen LogP contribution in [0.3, 0.4) is 0 Å². The average molecular weight is 305 g/mol. The van der Waals surface area contributed by atoms with Crippen molar-refractivity contribution in [3.05, 3.63) is 53.1 Å². The molecule has 1 nitrogen and oxygen atoms in total. The molecule has 2 unspecified atom stereocenters. The topological polar surface area (TPSA) is 26.0 Å². The molecule has 2 N–H and O–H groups in total. The fraction of sp³-hybridized carbons (Fsp3) is 0.455. The molecule has 1 heteroatoms. The first-order chi connectivity index (χ1) is 10.9. The lowest BCUT2D eigenvalue weighted by molar-refractivity contribution is 0.168. The summed E-state index contributed by atoms with van der Waals surface area (Å²) in [4.78, 5) is 0. The molecular formula is C22H27N. The van der Waals surface area contributed by atoms with Gasteiger partial charge in [-0.1, -0.05) is 45.0 Å². The average Bonchev–Trinajstić information content (AvgIpc) is 2.83. The summed E-state index contributed by atoms with van der Waals surface area (Å²) in [5, 5.41) is 0. The molecule has 2 aliphatic carbocycles. The van der Waals surface area contributed by atoms with Crippen LogP contribution in [0.15, 0.2) is 36.4 Å². The molecule has 0 radical (unpaired) electrons. The number of anilines is 1. The van der Waals surface area contributed by atoms with Crippen LogP contribution in [0, 0.1) is 11.3 Å². The maximum atomic E-state index is 6.30. The molecule has 0 amide bonds. The number of nitrogen functional groups attached to an aromatic ring is 1. The standard InChI is InChI=1S/C22H27N/c1-14-8-16(13-22(2,3)12-14)19-10-17(23)11-21-18-7-5-4-6-15(18)9-20(19)21/h4-7,10-11,14,16H,8-9,12-13,23H2,1-3H3. The van der Waals surface area contributed by atoms with Crippen molar-refractivity contribution in [2.24, 2.45) is 11.3 Å². The molecule has 0 aromatic heterocycles. The lowest BCUT2D eigenvalue weighted by atomic mass is 9.65. The van der Waals surface area contributed by atoms with Crippen LogP contribution >= 0.6 is 0 Å². The molecule has 1 fully saturated rings. The highest BCUT2D eigenvalue weighted by atomic mass is 14.6. The van der Waals surface area contributed by atoms with Gasteiger partial charge in [0.1, 0.15) is 0 Å². The predicted octanol–water partition coefficient (Wildman–Crippen LogP) is 5.77. The summed E-state index contributed by atoms with van der Waals surface area (Å²) in [5.41, 5.74) is 14.9. The summed E-state index contributed by atoms with van der Waals surface area (Å²) in [5.74, 6) is 1.45. The van der Waals surface area contributed by atoms with Gasteiger partial charge in [-0.3, -0.25) is 0 Å². The highest BCUT2D eigenvalue weighted by molar-refractivity contribution is 5.80. The van der Waals surface area contributed by atoms with E-state index in [0.717, 1.165) is 18.0 Å². The molecule has 4 rings (SSSR count). The van der Waals surface area contributed by atoms with E-state index in [1.165, 1.54) is 47.1 Å². The van der Waals surface area contributed by atoms with Gasteiger partial charge >= 0.3 is 0 Å². The Labute approximate surface area is 139 Å². The number of rotatable bonds is 1. The van der Waals surface area contributed by atoms with E-state index >= 15 is 0 Å². The monoisotopic (exact) mass is 305 g/mol. The molecule has 0 aliphatic heterocycles. The van der Waals surface area contributed by atoms with E-state index in [9.17, 15) is 0 Å². The normalized spacial score (nSPS) is 25.0. The zero-order valence-electron chi connectivity index (χ0n) is 14.5. The lowest BCUT2D eigenvalue weighted by Gasteiger charge is -2.40. The minimum absolute atomic E-state index is 0.436. The second-order valence-corrected chi connectivity index (χ2v) is 8.58. The Bertz CT molecular complexity index is 757. The van der Waals surface area contributed by atoms with E-state index < -0.39 is 0 Å². The van der Waals surface area contributed by atoms with Crippen molar-refractivity contribution in [3.8, 4) is 11.1 Å². The first-order valence-electron chi connectivity index (χ1n) is 8.93. The van der Waals surface area contributed by atoms with Crippen LogP contribution in [0.5, 0.6) is 0 Å². The van der Waals surface area contributed by atoms with Crippen molar-refractivity contribution in [2.75, 3.05) is 5.73 Å². The molecular weight excluding hydrogens is 278 g/mol. The summed E-state index contributed by atoms with van der Waals surface area (Å²) in [6.07, 6.45) is 5.00. The van der Waals surface area contributed by atoms with Crippen LogP contribution in [0.2, 0.25) is 0 Å². The molecule has 1 saturated carbocycles. The van der Waals surface area contributed by atoms with Gasteiger partial charge in [0.15, 0.2) is 0 Å². The van der Waals surface area contributed by atoms with Crippen LogP contribution in [-0.4, -0.2) is 0 Å². The highest BCUT2D eigenvalue weighted by Gasteiger charge is 2.35. The van der Waals surface area contributed by atoms with E-state index in [2.05, 4.69) is 57.2 Å². The summed E-state index contributed by atoms with van der Waals surface area (Å²) in [7, 11) is 0. The molecule has 0 heterocycles. The third kappa shape index (κ3) is 2.56. The summed E-state index contributed by atoms with van der Waals surface area (Å²) in [6, 6.07) is 13.3. The number of hydrogen-bond donors (Lipinski definition) is 1. The van der Waals surface area contributed by atoms with E-state index in [-0.39, 0.29) is 0 Å². The third-order valence-corrected chi connectivity index (χ3v) is 5.81. The first-order valence-corrected chi connectivity index (χ1v) is 8.93.